The van der Waals surface area contributed by atoms with Gasteiger partial charge in [-0.2, -0.15) is 0 Å². The van der Waals surface area contributed by atoms with Gasteiger partial charge in [-0.1, -0.05) is 30.3 Å². The van der Waals surface area contributed by atoms with E-state index in [-0.39, 0.29) is 5.97 Å². The third kappa shape index (κ3) is 3.51. The maximum atomic E-state index is 11.6. The molecule has 0 heterocycles. The zero-order valence-corrected chi connectivity index (χ0v) is 11.3. The van der Waals surface area contributed by atoms with Crippen molar-refractivity contribution in [2.75, 3.05) is 12.3 Å². The van der Waals surface area contributed by atoms with E-state index in [4.69, 9.17) is 15.2 Å². The first-order valence-electron chi connectivity index (χ1n) is 6.44. The molecule has 0 amide bonds. The van der Waals surface area contributed by atoms with Crippen molar-refractivity contribution in [3.63, 3.8) is 0 Å². The molecule has 104 valence electrons. The molecule has 2 N–H and O–H groups in total. The lowest BCUT2D eigenvalue weighted by Crippen LogP contribution is -2.06. The predicted molar refractivity (Wildman–Crippen MR) is 77.6 cm³/mol. The molecule has 4 nitrogen and oxygen atoms in total. The van der Waals surface area contributed by atoms with Crippen molar-refractivity contribution in [1.82, 2.24) is 0 Å². The van der Waals surface area contributed by atoms with Gasteiger partial charge in [0.15, 0.2) is 0 Å². The zero-order valence-electron chi connectivity index (χ0n) is 11.3. The molecule has 0 saturated heterocycles. The third-order valence-corrected chi connectivity index (χ3v) is 2.76. The van der Waals surface area contributed by atoms with Crippen molar-refractivity contribution in [1.29, 1.82) is 0 Å². The zero-order chi connectivity index (χ0) is 14.4. The molecule has 0 aliphatic rings. The number of rotatable bonds is 5. The van der Waals surface area contributed by atoms with Crippen LogP contribution in [0.3, 0.4) is 0 Å². The summed E-state index contributed by atoms with van der Waals surface area (Å²) in [4.78, 5) is 11.6. The molecule has 0 bridgehead atoms. The fourth-order valence-corrected chi connectivity index (χ4v) is 1.76. The van der Waals surface area contributed by atoms with Crippen LogP contribution >= 0.6 is 0 Å². The van der Waals surface area contributed by atoms with Crippen molar-refractivity contribution in [2.45, 2.75) is 13.5 Å². The van der Waals surface area contributed by atoms with Crippen molar-refractivity contribution in [3.05, 3.63) is 59.7 Å². The highest BCUT2D eigenvalue weighted by Gasteiger charge is 2.09. The molecular weight excluding hydrogens is 254 g/mol. The number of hydrogen-bond acceptors (Lipinski definition) is 4. The molecule has 2 rings (SSSR count). The van der Waals surface area contributed by atoms with E-state index in [9.17, 15) is 4.79 Å². The molecule has 0 radical (unpaired) electrons. The number of carbonyl (C=O) groups excluding carboxylic acids is 1. The van der Waals surface area contributed by atoms with E-state index in [2.05, 4.69) is 0 Å². The molecule has 0 atom stereocenters. The van der Waals surface area contributed by atoms with Gasteiger partial charge in [0.1, 0.15) is 12.4 Å². The molecule has 0 unspecified atom stereocenters. The van der Waals surface area contributed by atoms with Crippen LogP contribution in [0, 0.1) is 0 Å². The Bertz CT molecular complexity index is 582. The number of benzene rings is 2. The van der Waals surface area contributed by atoms with Gasteiger partial charge in [-0.05, 0) is 30.7 Å². The smallest absolute Gasteiger partial charge is 0.338 e. The number of nitrogen functional groups attached to an aromatic ring is 1. The Hall–Kier alpha value is -2.49. The van der Waals surface area contributed by atoms with Crippen LogP contribution in [-0.2, 0) is 11.3 Å². The standard InChI is InChI=1S/C16H17NO3/c1-2-19-16(18)13-8-9-15(14(17)10-13)20-11-12-6-4-3-5-7-12/h3-10H,2,11,17H2,1H3. The van der Waals surface area contributed by atoms with Crippen LogP contribution in [0.5, 0.6) is 5.75 Å². The largest absolute Gasteiger partial charge is 0.487 e. The lowest BCUT2D eigenvalue weighted by atomic mass is 10.2. The van der Waals surface area contributed by atoms with E-state index in [1.165, 1.54) is 0 Å². The monoisotopic (exact) mass is 271 g/mol. The normalized spacial score (nSPS) is 10.1. The number of ether oxygens (including phenoxy) is 2. The second-order valence-electron chi connectivity index (χ2n) is 4.25. The number of anilines is 1. The minimum absolute atomic E-state index is 0.338. The molecular formula is C16H17NO3. The molecule has 0 saturated carbocycles. The molecule has 2 aromatic rings. The Balaban J connectivity index is 2.04. The highest BCUT2D eigenvalue weighted by Crippen LogP contribution is 2.24. The highest BCUT2D eigenvalue weighted by atomic mass is 16.5. The SMILES string of the molecule is CCOC(=O)c1ccc(OCc2ccccc2)c(N)c1. The third-order valence-electron chi connectivity index (χ3n) is 2.76. The van der Waals surface area contributed by atoms with Crippen molar-refractivity contribution in [2.24, 2.45) is 0 Å². The van der Waals surface area contributed by atoms with Crippen LogP contribution in [0.15, 0.2) is 48.5 Å². The summed E-state index contributed by atoms with van der Waals surface area (Å²) in [7, 11) is 0. The fraction of sp³-hybridized carbons (Fsp3) is 0.188. The molecule has 2 aromatic carbocycles. The van der Waals surface area contributed by atoms with E-state index in [0.717, 1.165) is 5.56 Å². The maximum Gasteiger partial charge on any atom is 0.338 e. The van der Waals surface area contributed by atoms with Crippen LogP contribution in [0.2, 0.25) is 0 Å². The summed E-state index contributed by atoms with van der Waals surface area (Å²) in [6.45, 7) is 2.54. The molecule has 4 heteroatoms. The molecule has 0 fully saturated rings. The average molecular weight is 271 g/mol. The quantitative estimate of drug-likeness (QED) is 0.670. The minimum atomic E-state index is -0.381. The van der Waals surface area contributed by atoms with Gasteiger partial charge >= 0.3 is 5.97 Å². The van der Waals surface area contributed by atoms with Crippen LogP contribution in [0.4, 0.5) is 5.69 Å². The molecule has 0 aliphatic carbocycles. The van der Waals surface area contributed by atoms with Crippen LogP contribution in [-0.4, -0.2) is 12.6 Å². The second kappa shape index (κ2) is 6.61. The Labute approximate surface area is 118 Å². The summed E-state index contributed by atoms with van der Waals surface area (Å²) < 4.78 is 10.6. The van der Waals surface area contributed by atoms with Crippen LogP contribution in [0.25, 0.3) is 0 Å². The van der Waals surface area contributed by atoms with Crippen molar-refractivity contribution < 1.29 is 14.3 Å². The van der Waals surface area contributed by atoms with Crippen molar-refractivity contribution >= 4 is 11.7 Å². The Kier molecular flexibility index (Phi) is 4.60. The first-order valence-corrected chi connectivity index (χ1v) is 6.44. The summed E-state index contributed by atoms with van der Waals surface area (Å²) >= 11 is 0. The minimum Gasteiger partial charge on any atom is -0.487 e. The van der Waals surface area contributed by atoms with Gasteiger partial charge in [0.25, 0.3) is 0 Å². The summed E-state index contributed by atoms with van der Waals surface area (Å²) in [6.07, 6.45) is 0. The van der Waals surface area contributed by atoms with E-state index in [1.54, 1.807) is 25.1 Å². The van der Waals surface area contributed by atoms with Gasteiger partial charge in [-0.3, -0.25) is 0 Å². The summed E-state index contributed by atoms with van der Waals surface area (Å²) in [5.41, 5.74) is 7.79. The van der Waals surface area contributed by atoms with Gasteiger partial charge in [0.2, 0.25) is 0 Å². The molecule has 0 aliphatic heterocycles. The Morgan fingerprint density at radius 1 is 1.15 bits per heavy atom. The van der Waals surface area contributed by atoms with Crippen LogP contribution in [0.1, 0.15) is 22.8 Å². The average Bonchev–Trinajstić information content (AvgIpc) is 2.47. The number of esters is 1. The highest BCUT2D eigenvalue weighted by molar-refractivity contribution is 5.91. The number of carbonyl (C=O) groups is 1. The van der Waals surface area contributed by atoms with Gasteiger partial charge in [0, 0.05) is 0 Å². The molecule has 0 aromatic heterocycles. The van der Waals surface area contributed by atoms with Gasteiger partial charge in [0.05, 0.1) is 17.9 Å². The summed E-state index contributed by atoms with van der Waals surface area (Å²) in [6, 6.07) is 14.7. The van der Waals surface area contributed by atoms with Gasteiger partial charge < -0.3 is 15.2 Å². The number of hydrogen-bond donors (Lipinski definition) is 1. The fourth-order valence-electron chi connectivity index (χ4n) is 1.76. The van der Waals surface area contributed by atoms with Gasteiger partial charge in [-0.15, -0.1) is 0 Å². The van der Waals surface area contributed by atoms with E-state index < -0.39 is 0 Å². The van der Waals surface area contributed by atoms with E-state index in [1.807, 2.05) is 30.3 Å². The van der Waals surface area contributed by atoms with E-state index in [0.29, 0.717) is 30.2 Å². The first kappa shape index (κ1) is 13.9. The Morgan fingerprint density at radius 3 is 2.55 bits per heavy atom. The molecule has 20 heavy (non-hydrogen) atoms. The van der Waals surface area contributed by atoms with Gasteiger partial charge in [-0.25, -0.2) is 4.79 Å². The topological polar surface area (TPSA) is 61.5 Å². The lowest BCUT2D eigenvalue weighted by Gasteiger charge is -2.10. The number of nitrogens with two attached hydrogens (primary N) is 1. The van der Waals surface area contributed by atoms with E-state index >= 15 is 0 Å². The van der Waals surface area contributed by atoms with Crippen LogP contribution < -0.4 is 10.5 Å². The summed E-state index contributed by atoms with van der Waals surface area (Å²) in [5, 5.41) is 0. The Morgan fingerprint density at radius 2 is 1.90 bits per heavy atom. The van der Waals surface area contributed by atoms with Crippen molar-refractivity contribution in [3.8, 4) is 5.75 Å². The molecule has 0 spiro atoms. The first-order chi connectivity index (χ1) is 9.70. The summed E-state index contributed by atoms with van der Waals surface area (Å²) in [5.74, 6) is 0.177. The second-order valence-corrected chi connectivity index (χ2v) is 4.25. The lowest BCUT2D eigenvalue weighted by molar-refractivity contribution is 0.0526. The predicted octanol–water partition coefficient (Wildman–Crippen LogP) is 3.02. The maximum absolute atomic E-state index is 11.6.